The van der Waals surface area contributed by atoms with Gasteiger partial charge in [-0.15, -0.1) is 0 Å². The Morgan fingerprint density at radius 2 is 0.697 bits per heavy atom. The highest BCUT2D eigenvalue weighted by Gasteiger charge is 2.23. The van der Waals surface area contributed by atoms with Crippen LogP contribution in [0, 0.1) is 0 Å². The number of aliphatic hydroxyl groups excluding tert-OH is 1. The molecule has 2 N–H and O–H groups in total. The largest absolute Gasteiger partial charge is 0.756 e. The predicted molar refractivity (Wildman–Crippen MR) is 390 cm³/mol. The number of unbranched alkanes of at least 4 members (excludes halogenated alkanes) is 43. The number of likely N-dealkylation sites (N-methyl/N-ethyl adjacent to an activating group) is 1. The maximum Gasteiger partial charge on any atom is 0.268 e. The van der Waals surface area contributed by atoms with Crippen LogP contribution >= 0.6 is 7.82 Å². The first-order valence-electron chi connectivity index (χ1n) is 38.1. The molecule has 0 aliphatic rings. The molecule has 0 aliphatic carbocycles. The predicted octanol–water partition coefficient (Wildman–Crippen LogP) is 24.2. The number of rotatable bonds is 70. The average Bonchev–Trinajstić information content (AvgIpc) is 3.64. The van der Waals surface area contributed by atoms with Crippen molar-refractivity contribution in [2.24, 2.45) is 0 Å². The molecule has 9 heteroatoms. The van der Waals surface area contributed by atoms with Crippen LogP contribution in [0.5, 0.6) is 0 Å². The monoisotopic (exact) mass is 1260 g/mol. The lowest BCUT2D eigenvalue weighted by molar-refractivity contribution is -0.870. The summed E-state index contributed by atoms with van der Waals surface area (Å²) in [6.07, 6.45) is 101. The summed E-state index contributed by atoms with van der Waals surface area (Å²) in [4.78, 5) is 25.7. The Labute approximate surface area is 553 Å². The highest BCUT2D eigenvalue weighted by atomic mass is 31.2. The van der Waals surface area contributed by atoms with Gasteiger partial charge in [-0.25, -0.2) is 0 Å². The summed E-state index contributed by atoms with van der Waals surface area (Å²) in [6.45, 7) is 4.55. The lowest BCUT2D eigenvalue weighted by Crippen LogP contribution is -2.45. The molecule has 89 heavy (non-hydrogen) atoms. The molecule has 0 bridgehead atoms. The zero-order chi connectivity index (χ0) is 64.8. The molecule has 8 nitrogen and oxygen atoms in total. The SMILES string of the molecule is CC/C=C\C/C=C\C/C=C\C/C=C\C/C=C\C/C=C\CCCCCCCCCCCCCCCCCCC(=O)NC(COP(=O)([O-])OCC[N+](C)(C)C)C(O)/C=C/CC/C=C/CCCCCCCCCCCCCCCCCCCCCCCCCCCC. The highest BCUT2D eigenvalue weighted by Crippen LogP contribution is 2.38. The average molecular weight is 1260 g/mol. The first-order chi connectivity index (χ1) is 43.5. The molecule has 518 valence electrons. The quantitative estimate of drug-likeness (QED) is 0.0272. The Morgan fingerprint density at radius 1 is 0.404 bits per heavy atom. The van der Waals surface area contributed by atoms with Gasteiger partial charge in [0.15, 0.2) is 0 Å². The fraction of sp³-hybridized carbons (Fsp3) is 0.787. The first kappa shape index (κ1) is 86.4. The number of allylic oxidation sites excluding steroid dienone is 15. The molecular weight excluding hydrogens is 1120 g/mol. The van der Waals surface area contributed by atoms with E-state index in [0.717, 1.165) is 77.0 Å². The van der Waals surface area contributed by atoms with E-state index in [0.29, 0.717) is 17.4 Å². The van der Waals surface area contributed by atoms with Crippen molar-refractivity contribution < 1.29 is 32.9 Å². The van der Waals surface area contributed by atoms with Crippen molar-refractivity contribution in [3.05, 3.63) is 97.2 Å². The number of phosphoric ester groups is 1. The molecule has 0 spiro atoms. The molecule has 0 aliphatic heterocycles. The van der Waals surface area contributed by atoms with Gasteiger partial charge in [0.1, 0.15) is 13.2 Å². The van der Waals surface area contributed by atoms with Gasteiger partial charge in [0.05, 0.1) is 39.9 Å². The van der Waals surface area contributed by atoms with Gasteiger partial charge in [-0.05, 0) is 83.5 Å². The molecule has 0 aromatic carbocycles. The number of carbonyl (C=O) groups excluding carboxylic acids is 1. The van der Waals surface area contributed by atoms with E-state index in [9.17, 15) is 19.4 Å². The molecule has 0 heterocycles. The summed E-state index contributed by atoms with van der Waals surface area (Å²) in [7, 11) is 1.25. The summed E-state index contributed by atoms with van der Waals surface area (Å²) in [6, 6.07) is -0.910. The highest BCUT2D eigenvalue weighted by molar-refractivity contribution is 7.45. The Morgan fingerprint density at radius 3 is 1.04 bits per heavy atom. The Hall–Kier alpha value is -2.58. The van der Waals surface area contributed by atoms with Crippen LogP contribution in [0.2, 0.25) is 0 Å². The van der Waals surface area contributed by atoms with Crippen LogP contribution in [-0.2, 0) is 18.4 Å². The van der Waals surface area contributed by atoms with E-state index in [1.54, 1.807) is 6.08 Å². The van der Waals surface area contributed by atoms with Gasteiger partial charge >= 0.3 is 0 Å². The van der Waals surface area contributed by atoms with Crippen molar-refractivity contribution in [1.29, 1.82) is 0 Å². The van der Waals surface area contributed by atoms with Gasteiger partial charge in [-0.3, -0.25) is 9.36 Å². The molecule has 0 saturated heterocycles. The molecular formula is C80H147N2O6P. The molecule has 1 amide bonds. The Balaban J connectivity index is 4.05. The summed E-state index contributed by atoms with van der Waals surface area (Å²) < 4.78 is 23.5. The van der Waals surface area contributed by atoms with Gasteiger partial charge in [-0.2, -0.15) is 0 Å². The molecule has 0 fully saturated rings. The van der Waals surface area contributed by atoms with Crippen LogP contribution in [-0.4, -0.2) is 68.5 Å². The topological polar surface area (TPSA) is 108 Å². The third kappa shape index (κ3) is 72.7. The van der Waals surface area contributed by atoms with E-state index in [-0.39, 0.29) is 12.5 Å². The van der Waals surface area contributed by atoms with Crippen molar-refractivity contribution in [2.75, 3.05) is 40.9 Å². The molecule has 3 atom stereocenters. The van der Waals surface area contributed by atoms with Crippen molar-refractivity contribution >= 4 is 13.7 Å². The second-order valence-corrected chi connectivity index (χ2v) is 28.4. The zero-order valence-electron chi connectivity index (χ0n) is 59.4. The number of hydrogen-bond acceptors (Lipinski definition) is 6. The third-order valence-electron chi connectivity index (χ3n) is 17.0. The number of hydrogen-bond donors (Lipinski definition) is 2. The van der Waals surface area contributed by atoms with Crippen molar-refractivity contribution in [2.45, 2.75) is 366 Å². The van der Waals surface area contributed by atoms with Crippen LogP contribution in [0.15, 0.2) is 97.2 Å². The molecule has 3 unspecified atom stereocenters. The second-order valence-electron chi connectivity index (χ2n) is 27.0. The number of carbonyl (C=O) groups is 1. The Bertz CT molecular complexity index is 1780. The number of quaternary nitrogens is 1. The summed E-state index contributed by atoms with van der Waals surface area (Å²) in [5.41, 5.74) is 0. The fourth-order valence-electron chi connectivity index (χ4n) is 11.2. The van der Waals surface area contributed by atoms with Crippen LogP contribution < -0.4 is 10.2 Å². The van der Waals surface area contributed by atoms with Crippen LogP contribution in [0.3, 0.4) is 0 Å². The van der Waals surface area contributed by atoms with Crippen molar-refractivity contribution in [3.8, 4) is 0 Å². The lowest BCUT2D eigenvalue weighted by Gasteiger charge is -2.29. The molecule has 0 radical (unpaired) electrons. The Kier molecular flexibility index (Phi) is 67.7. The fourth-order valence-corrected chi connectivity index (χ4v) is 11.9. The summed E-state index contributed by atoms with van der Waals surface area (Å²) in [5, 5.41) is 14.0. The minimum atomic E-state index is -4.62. The number of phosphoric acid groups is 1. The van der Waals surface area contributed by atoms with E-state index in [4.69, 9.17) is 9.05 Å². The number of aliphatic hydroxyl groups is 1. The minimum Gasteiger partial charge on any atom is -0.756 e. The van der Waals surface area contributed by atoms with E-state index < -0.39 is 26.6 Å². The maximum atomic E-state index is 13.1. The first-order valence-corrected chi connectivity index (χ1v) is 39.6. The van der Waals surface area contributed by atoms with Gasteiger partial charge in [-0.1, -0.05) is 361 Å². The van der Waals surface area contributed by atoms with E-state index >= 15 is 0 Å². The standard InChI is InChI=1S/C80H147N2O6P/c1-6-8-10-12-14-16-18-20-22-24-26-28-30-32-34-36-38-40-41-42-44-46-48-50-52-54-56-58-60-62-64-66-68-70-72-74-80(84)81-78(77-88-89(85,86)87-76-75-82(3,4)5)79(83)73-71-69-67-65-63-61-59-57-55-53-51-49-47-45-43-39-37-35-33-31-29-27-25-23-21-19-17-15-13-11-9-7-2/h8,10,14,16,20,22,26,28,32,34,38,40,63,65,71,73,78-79,83H,6-7,9,11-13,15,17-19,21,23-25,27,29-31,33,35-37,39,41-62,64,66-70,72,74-77H2,1-5H3,(H-,81,84,85,86)/b10-8-,16-14-,22-20-,28-26-,34-32-,40-38-,65-63+,73-71+. The second kappa shape index (κ2) is 69.8. The lowest BCUT2D eigenvalue weighted by atomic mass is 10.0. The van der Waals surface area contributed by atoms with Gasteiger partial charge < -0.3 is 28.8 Å². The molecule has 0 aromatic rings. The van der Waals surface area contributed by atoms with Crippen LogP contribution in [0.25, 0.3) is 0 Å². The van der Waals surface area contributed by atoms with E-state index in [1.807, 2.05) is 27.2 Å². The van der Waals surface area contributed by atoms with Gasteiger partial charge in [0, 0.05) is 6.42 Å². The number of nitrogens with zero attached hydrogens (tertiary/aromatic N) is 1. The normalized spacial score (nSPS) is 14.1. The maximum absolute atomic E-state index is 13.1. The van der Waals surface area contributed by atoms with Crippen molar-refractivity contribution in [1.82, 2.24) is 5.32 Å². The molecule has 0 saturated carbocycles. The molecule has 0 aromatic heterocycles. The minimum absolute atomic E-state index is 0.00848. The smallest absolute Gasteiger partial charge is 0.268 e. The zero-order valence-corrected chi connectivity index (χ0v) is 60.3. The van der Waals surface area contributed by atoms with E-state index in [1.165, 1.54) is 257 Å². The van der Waals surface area contributed by atoms with Crippen molar-refractivity contribution in [3.63, 3.8) is 0 Å². The van der Waals surface area contributed by atoms with Crippen LogP contribution in [0.1, 0.15) is 354 Å². The van der Waals surface area contributed by atoms with E-state index in [2.05, 4.69) is 104 Å². The summed E-state index contributed by atoms with van der Waals surface area (Å²) >= 11 is 0. The molecule has 0 rings (SSSR count). The van der Waals surface area contributed by atoms with Gasteiger partial charge in [0.2, 0.25) is 5.91 Å². The number of nitrogens with one attached hydrogen (secondary N) is 1. The van der Waals surface area contributed by atoms with Gasteiger partial charge in [0.25, 0.3) is 7.82 Å². The van der Waals surface area contributed by atoms with Crippen LogP contribution in [0.4, 0.5) is 0 Å². The number of amides is 1. The third-order valence-corrected chi connectivity index (χ3v) is 18.0. The summed E-state index contributed by atoms with van der Waals surface area (Å²) in [5.74, 6) is -0.205.